The number of piperidine rings is 1. The first kappa shape index (κ1) is 27.9. The highest BCUT2D eigenvalue weighted by Gasteiger charge is 2.31. The van der Waals surface area contributed by atoms with Crippen LogP contribution in [0.4, 0.5) is 20.4 Å². The van der Waals surface area contributed by atoms with Crippen LogP contribution in [-0.2, 0) is 17.8 Å². The minimum absolute atomic E-state index is 0.0878. The van der Waals surface area contributed by atoms with Crippen molar-refractivity contribution < 1.29 is 23.5 Å². The van der Waals surface area contributed by atoms with Gasteiger partial charge in [-0.2, -0.15) is 18.3 Å². The molecule has 5 rings (SSSR count). The number of rotatable bonds is 6. The number of nitrogens with zero attached hydrogens (tertiary/aromatic N) is 9. The second-order valence-electron chi connectivity index (χ2n) is 9.92. The highest BCUT2D eigenvalue weighted by molar-refractivity contribution is 5.95. The Hall–Kier alpha value is -4.63. The van der Waals surface area contributed by atoms with Crippen LogP contribution in [0, 0.1) is 6.92 Å². The van der Waals surface area contributed by atoms with Crippen molar-refractivity contribution in [3.63, 3.8) is 0 Å². The van der Waals surface area contributed by atoms with E-state index in [-0.39, 0.29) is 74.3 Å². The molecule has 14 nitrogen and oxygen atoms in total. The van der Waals surface area contributed by atoms with E-state index in [4.69, 9.17) is 5.73 Å². The molecule has 0 radical (unpaired) electrons. The Bertz CT molecular complexity index is 1600. The van der Waals surface area contributed by atoms with Crippen LogP contribution in [0.15, 0.2) is 22.8 Å². The number of hydrogen-bond donors (Lipinski definition) is 2. The maximum atomic E-state index is 13.8. The molecule has 0 aliphatic carbocycles. The molecule has 5 heterocycles. The number of anilines is 2. The molecule has 0 bridgehead atoms. The molecule has 2 amide bonds. The highest BCUT2D eigenvalue weighted by Crippen LogP contribution is 2.26. The van der Waals surface area contributed by atoms with Crippen molar-refractivity contribution in [3.8, 4) is 5.75 Å². The predicted octanol–water partition coefficient (Wildman–Crippen LogP) is 0.456. The molecule has 0 aromatic carbocycles. The summed E-state index contributed by atoms with van der Waals surface area (Å²) in [5.41, 5.74) is 6.25. The lowest BCUT2D eigenvalue weighted by molar-refractivity contribution is -0.118. The minimum atomic E-state index is -1.67. The maximum Gasteiger partial charge on any atom is 0.299 e. The second-order valence-corrected chi connectivity index (χ2v) is 9.92. The number of aryl methyl sites for hydroxylation is 1. The highest BCUT2D eigenvalue weighted by atomic mass is 19.3. The van der Waals surface area contributed by atoms with Crippen molar-refractivity contribution in [2.24, 2.45) is 5.73 Å². The van der Waals surface area contributed by atoms with Crippen LogP contribution >= 0.6 is 0 Å². The molecular formula is C25H30F2N10O4. The van der Waals surface area contributed by atoms with E-state index in [1.54, 1.807) is 16.4 Å². The van der Waals surface area contributed by atoms with Crippen molar-refractivity contribution in [1.82, 2.24) is 34.0 Å². The normalized spacial score (nSPS) is 16.0. The number of piperazine rings is 1. The SMILES string of the molecule is CCc1c(N2CCN(C(=O)c3ncnc(C)c3O)CC2)c(=O)n2nc(N3CCC(=C(F)F)CC3)nc2n1CC(N)=O. The van der Waals surface area contributed by atoms with E-state index in [2.05, 4.69) is 20.1 Å². The summed E-state index contributed by atoms with van der Waals surface area (Å²) in [6.45, 7) is 4.76. The predicted molar refractivity (Wildman–Crippen MR) is 143 cm³/mol. The van der Waals surface area contributed by atoms with Crippen LogP contribution in [-0.4, -0.2) is 90.2 Å². The van der Waals surface area contributed by atoms with Gasteiger partial charge in [0.1, 0.15) is 18.6 Å². The van der Waals surface area contributed by atoms with E-state index in [0.29, 0.717) is 36.6 Å². The average molecular weight is 573 g/mol. The van der Waals surface area contributed by atoms with Crippen LogP contribution in [0.3, 0.4) is 0 Å². The number of carbonyl (C=O) groups is 2. The van der Waals surface area contributed by atoms with Crippen LogP contribution < -0.4 is 21.1 Å². The zero-order valence-corrected chi connectivity index (χ0v) is 22.7. The lowest BCUT2D eigenvalue weighted by Crippen LogP contribution is -2.51. The molecule has 2 aliphatic heterocycles. The van der Waals surface area contributed by atoms with Crippen LogP contribution in [0.25, 0.3) is 5.78 Å². The van der Waals surface area contributed by atoms with Gasteiger partial charge in [0.2, 0.25) is 17.6 Å². The molecule has 0 saturated carbocycles. The third kappa shape index (κ3) is 5.16. The third-order valence-corrected chi connectivity index (χ3v) is 7.47. The number of primary amides is 1. The van der Waals surface area contributed by atoms with E-state index in [0.717, 1.165) is 4.52 Å². The summed E-state index contributed by atoms with van der Waals surface area (Å²) < 4.78 is 28.7. The van der Waals surface area contributed by atoms with Crippen LogP contribution in [0.5, 0.6) is 5.75 Å². The number of nitrogens with two attached hydrogens (primary N) is 1. The molecule has 16 heteroatoms. The van der Waals surface area contributed by atoms with Gasteiger partial charge in [-0.05, 0) is 31.8 Å². The summed E-state index contributed by atoms with van der Waals surface area (Å²) in [6.07, 6.45) is 0.233. The minimum Gasteiger partial charge on any atom is -0.504 e. The molecule has 3 aromatic heterocycles. The fourth-order valence-corrected chi connectivity index (χ4v) is 5.28. The van der Waals surface area contributed by atoms with Crippen molar-refractivity contribution in [2.75, 3.05) is 49.1 Å². The number of aromatic hydroxyl groups is 1. The molecule has 3 aromatic rings. The van der Waals surface area contributed by atoms with Gasteiger partial charge in [0, 0.05) is 39.3 Å². The summed E-state index contributed by atoms with van der Waals surface area (Å²) in [6, 6.07) is 0. The number of aromatic nitrogens is 6. The Labute approximate surface area is 232 Å². The van der Waals surface area contributed by atoms with Crippen molar-refractivity contribution in [1.29, 1.82) is 0 Å². The average Bonchev–Trinajstić information content (AvgIpc) is 3.41. The van der Waals surface area contributed by atoms with Gasteiger partial charge < -0.3 is 30.1 Å². The van der Waals surface area contributed by atoms with Crippen molar-refractivity contribution >= 4 is 29.2 Å². The number of fused-ring (bicyclic) bond motifs is 1. The van der Waals surface area contributed by atoms with Crippen LogP contribution in [0.2, 0.25) is 0 Å². The van der Waals surface area contributed by atoms with Gasteiger partial charge in [0.25, 0.3) is 17.5 Å². The standard InChI is InChI=1S/C25H30F2N10O4/c1-3-16-19(33-8-10-34(11-9-33)22(40)18-20(39)14(2)29-13-30-18)23(41)37-25(36(16)12-17(28)38)31-24(32-37)35-6-4-15(5-7-35)21(26)27/h13,39H,3-12H2,1-2H3,(H2,28,38). The summed E-state index contributed by atoms with van der Waals surface area (Å²) in [5, 5.41) is 14.7. The molecule has 41 heavy (non-hydrogen) atoms. The topological polar surface area (TPSA) is 168 Å². The van der Waals surface area contributed by atoms with E-state index < -0.39 is 23.5 Å². The van der Waals surface area contributed by atoms with E-state index >= 15 is 0 Å². The quantitative estimate of drug-likeness (QED) is 0.423. The van der Waals surface area contributed by atoms with Crippen molar-refractivity contribution in [2.45, 2.75) is 39.7 Å². The van der Waals surface area contributed by atoms with E-state index in [9.17, 15) is 28.3 Å². The molecule has 0 atom stereocenters. The first-order valence-electron chi connectivity index (χ1n) is 13.2. The summed E-state index contributed by atoms with van der Waals surface area (Å²) in [7, 11) is 0. The van der Waals surface area contributed by atoms with Gasteiger partial charge in [-0.25, -0.2) is 9.97 Å². The lowest BCUT2D eigenvalue weighted by atomic mass is 10.1. The van der Waals surface area contributed by atoms with Gasteiger partial charge in [-0.3, -0.25) is 14.4 Å². The molecule has 0 spiro atoms. The van der Waals surface area contributed by atoms with Gasteiger partial charge in [0.05, 0.1) is 11.4 Å². The fourth-order valence-electron chi connectivity index (χ4n) is 5.28. The Morgan fingerprint density at radius 3 is 2.34 bits per heavy atom. The maximum absolute atomic E-state index is 13.8. The molecule has 3 N–H and O–H groups in total. The number of halogens is 2. The summed E-state index contributed by atoms with van der Waals surface area (Å²) >= 11 is 0. The number of hydrogen-bond acceptors (Lipinski definition) is 10. The molecule has 2 saturated heterocycles. The number of carbonyl (C=O) groups excluding carboxylic acids is 2. The van der Waals surface area contributed by atoms with E-state index in [1.807, 2.05) is 11.8 Å². The largest absolute Gasteiger partial charge is 0.504 e. The molecule has 218 valence electrons. The summed E-state index contributed by atoms with van der Waals surface area (Å²) in [4.78, 5) is 56.4. The molecule has 2 aliphatic rings. The number of amides is 2. The Balaban J connectivity index is 1.48. The molecule has 0 unspecified atom stereocenters. The Morgan fingerprint density at radius 2 is 1.73 bits per heavy atom. The van der Waals surface area contributed by atoms with Gasteiger partial charge >= 0.3 is 0 Å². The summed E-state index contributed by atoms with van der Waals surface area (Å²) in [5.74, 6) is -1.02. The Morgan fingerprint density at radius 1 is 1.05 bits per heavy atom. The fraction of sp³-hybridized carbons (Fsp3) is 0.480. The van der Waals surface area contributed by atoms with E-state index in [1.165, 1.54) is 11.2 Å². The van der Waals surface area contributed by atoms with Gasteiger partial charge in [-0.1, -0.05) is 6.92 Å². The van der Waals surface area contributed by atoms with Gasteiger partial charge in [-0.15, -0.1) is 5.10 Å². The first-order valence-corrected chi connectivity index (χ1v) is 13.2. The third-order valence-electron chi connectivity index (χ3n) is 7.47. The first-order chi connectivity index (χ1) is 19.6. The lowest BCUT2D eigenvalue weighted by Gasteiger charge is -2.36. The second kappa shape index (κ2) is 11.1. The molecule has 2 fully saturated rings. The van der Waals surface area contributed by atoms with Gasteiger partial charge in [0.15, 0.2) is 11.4 Å². The zero-order valence-electron chi connectivity index (χ0n) is 22.7. The zero-order chi connectivity index (χ0) is 29.4. The van der Waals surface area contributed by atoms with Crippen LogP contribution in [0.1, 0.15) is 41.6 Å². The smallest absolute Gasteiger partial charge is 0.299 e. The Kier molecular flexibility index (Phi) is 7.55. The monoisotopic (exact) mass is 572 g/mol. The van der Waals surface area contributed by atoms with Crippen molar-refractivity contribution in [3.05, 3.63) is 45.4 Å². The molecular weight excluding hydrogens is 542 g/mol.